The van der Waals surface area contributed by atoms with E-state index in [0.717, 1.165) is 17.4 Å². The largest absolute Gasteiger partial charge is 0.504 e. The number of carbonyl (C=O) groups is 2. The topological polar surface area (TPSA) is 108 Å². The Balaban J connectivity index is 2.18. The maximum Gasteiger partial charge on any atom is 0.450 e. The maximum absolute atomic E-state index is 13.4. The molecule has 3 rings (SSSR count). The van der Waals surface area contributed by atoms with Crippen molar-refractivity contribution >= 4 is 23.2 Å². The van der Waals surface area contributed by atoms with Gasteiger partial charge in [-0.1, -0.05) is 12.1 Å². The first-order valence-corrected chi connectivity index (χ1v) is 8.79. The molecule has 0 bridgehead atoms. The van der Waals surface area contributed by atoms with Gasteiger partial charge in [0, 0.05) is 0 Å². The Labute approximate surface area is 160 Å². The molecule has 28 heavy (non-hydrogen) atoms. The lowest BCUT2D eigenvalue weighted by Crippen LogP contribution is -2.66. The van der Waals surface area contributed by atoms with Crippen LogP contribution >= 0.6 is 11.3 Å². The minimum Gasteiger partial charge on any atom is -0.504 e. The van der Waals surface area contributed by atoms with Crippen LogP contribution in [0.25, 0.3) is 0 Å². The molecule has 4 N–H and O–H groups in total. The number of amides is 2. The third-order valence-electron chi connectivity index (χ3n) is 4.40. The van der Waals surface area contributed by atoms with Crippen molar-refractivity contribution in [2.45, 2.75) is 17.9 Å². The van der Waals surface area contributed by atoms with Crippen LogP contribution in [-0.2, 0) is 10.5 Å². The molecule has 0 aliphatic carbocycles. The number of methoxy groups -OCH3 is 1. The summed E-state index contributed by atoms with van der Waals surface area (Å²) in [6.07, 6.45) is -5.26. The Kier molecular flexibility index (Phi) is 4.98. The molecule has 3 atom stereocenters. The molecular formula is C17H15F3N2O5S. The molecule has 1 aromatic heterocycles. The van der Waals surface area contributed by atoms with Gasteiger partial charge in [0.25, 0.3) is 0 Å². The minimum atomic E-state index is -5.26. The summed E-state index contributed by atoms with van der Waals surface area (Å²) in [6.45, 7) is 0. The molecule has 150 valence electrons. The number of urea groups is 1. The van der Waals surface area contributed by atoms with Gasteiger partial charge in [-0.15, -0.1) is 11.3 Å². The van der Waals surface area contributed by atoms with Gasteiger partial charge in [-0.3, -0.25) is 4.79 Å². The van der Waals surface area contributed by atoms with Crippen LogP contribution in [0.2, 0.25) is 0 Å². The predicted octanol–water partition coefficient (Wildman–Crippen LogP) is 2.41. The number of alkyl halides is 3. The highest BCUT2D eigenvalue weighted by molar-refractivity contribution is 7.10. The van der Waals surface area contributed by atoms with Crippen LogP contribution in [0.1, 0.15) is 16.5 Å². The fourth-order valence-electron chi connectivity index (χ4n) is 3.14. The SMILES string of the molecule is COc1cc([C@@H]2NC(=O)N[C@](O)(c3cccs3)[C@H]2C(=O)C(F)(F)F)ccc1O. The number of nitrogens with one attached hydrogen (secondary N) is 2. The summed E-state index contributed by atoms with van der Waals surface area (Å²) < 4.78 is 45.0. The molecule has 1 aliphatic rings. The van der Waals surface area contributed by atoms with E-state index in [4.69, 9.17) is 4.74 Å². The molecule has 1 fully saturated rings. The molecule has 2 heterocycles. The van der Waals surface area contributed by atoms with Crippen molar-refractivity contribution in [1.82, 2.24) is 10.6 Å². The van der Waals surface area contributed by atoms with Crippen molar-refractivity contribution in [3.8, 4) is 11.5 Å². The number of halogens is 3. The highest BCUT2D eigenvalue weighted by Crippen LogP contribution is 2.45. The molecule has 1 saturated heterocycles. The van der Waals surface area contributed by atoms with E-state index in [9.17, 15) is 33.0 Å². The van der Waals surface area contributed by atoms with Crippen LogP contribution in [0.4, 0.5) is 18.0 Å². The normalized spacial score (nSPS) is 25.0. The van der Waals surface area contributed by atoms with Crippen molar-refractivity contribution < 1.29 is 37.7 Å². The Morgan fingerprint density at radius 1 is 1.32 bits per heavy atom. The molecule has 7 nitrogen and oxygen atoms in total. The van der Waals surface area contributed by atoms with Gasteiger partial charge in [0.1, 0.15) is 5.92 Å². The number of Topliss-reactive ketones (excluding diaryl/α,β-unsaturated/α-hetero) is 1. The van der Waals surface area contributed by atoms with Crippen LogP contribution in [0.3, 0.4) is 0 Å². The van der Waals surface area contributed by atoms with E-state index < -0.39 is 35.7 Å². The zero-order valence-electron chi connectivity index (χ0n) is 14.3. The molecule has 1 aromatic carbocycles. The second-order valence-corrected chi connectivity index (χ2v) is 7.04. The zero-order chi connectivity index (χ0) is 20.7. The number of benzene rings is 1. The number of aliphatic hydroxyl groups is 1. The molecule has 0 unspecified atom stereocenters. The van der Waals surface area contributed by atoms with Crippen molar-refractivity contribution in [2.24, 2.45) is 5.92 Å². The second-order valence-electron chi connectivity index (χ2n) is 6.09. The van der Waals surface area contributed by atoms with Gasteiger partial charge < -0.3 is 25.6 Å². The van der Waals surface area contributed by atoms with Crippen LogP contribution in [0.15, 0.2) is 35.7 Å². The number of phenols is 1. The summed E-state index contributed by atoms with van der Waals surface area (Å²) >= 11 is 0.893. The molecule has 2 aromatic rings. The van der Waals surface area contributed by atoms with E-state index in [1.807, 2.05) is 0 Å². The Bertz CT molecular complexity index is 903. The lowest BCUT2D eigenvalue weighted by molar-refractivity contribution is -0.190. The molecule has 1 aliphatic heterocycles. The summed E-state index contributed by atoms with van der Waals surface area (Å²) in [6, 6.07) is 3.88. The standard InChI is InChI=1S/C17H15F3N2O5S/c1-27-10-7-8(4-5-9(10)23)13-12(14(24)17(18,19)20)16(26,22-15(25)21-13)11-3-2-6-28-11/h2-7,12-13,23,26H,1H3,(H2,21,22,25)/t12-,13+,16+/m1/s1. The highest BCUT2D eigenvalue weighted by atomic mass is 32.1. The van der Waals surface area contributed by atoms with Gasteiger partial charge in [-0.25, -0.2) is 4.79 Å². The first-order chi connectivity index (χ1) is 13.1. The summed E-state index contributed by atoms with van der Waals surface area (Å²) in [7, 11) is 1.24. The third-order valence-corrected chi connectivity index (χ3v) is 5.39. The summed E-state index contributed by atoms with van der Waals surface area (Å²) in [5.74, 6) is -4.69. The molecule has 0 spiro atoms. The quantitative estimate of drug-likeness (QED) is 0.612. The number of rotatable bonds is 4. The first-order valence-electron chi connectivity index (χ1n) is 7.91. The molecular weight excluding hydrogens is 401 g/mol. The van der Waals surface area contributed by atoms with E-state index >= 15 is 0 Å². The average molecular weight is 416 g/mol. The summed E-state index contributed by atoms with van der Waals surface area (Å²) in [5, 5.41) is 26.6. The highest BCUT2D eigenvalue weighted by Gasteiger charge is 2.59. The number of hydrogen-bond acceptors (Lipinski definition) is 6. The number of thiophene rings is 1. The minimum absolute atomic E-state index is 0.0271. The van der Waals surface area contributed by atoms with Crippen molar-refractivity contribution in [2.75, 3.05) is 7.11 Å². The lowest BCUT2D eigenvalue weighted by atomic mass is 9.78. The van der Waals surface area contributed by atoms with Crippen LogP contribution < -0.4 is 15.4 Å². The fraction of sp³-hybridized carbons (Fsp3) is 0.294. The van der Waals surface area contributed by atoms with Crippen LogP contribution in [-0.4, -0.2) is 35.3 Å². The van der Waals surface area contributed by atoms with E-state index in [2.05, 4.69) is 10.6 Å². The van der Waals surface area contributed by atoms with Gasteiger partial charge in [0.15, 0.2) is 17.2 Å². The van der Waals surface area contributed by atoms with E-state index in [-0.39, 0.29) is 21.9 Å². The number of ether oxygens (including phenoxy) is 1. The maximum atomic E-state index is 13.4. The van der Waals surface area contributed by atoms with Crippen molar-refractivity contribution in [3.63, 3.8) is 0 Å². The third kappa shape index (κ3) is 3.38. The van der Waals surface area contributed by atoms with Crippen LogP contribution in [0.5, 0.6) is 11.5 Å². The summed E-state index contributed by atoms with van der Waals surface area (Å²) in [4.78, 5) is 24.4. The van der Waals surface area contributed by atoms with Gasteiger partial charge >= 0.3 is 12.2 Å². The van der Waals surface area contributed by atoms with Gasteiger partial charge in [-0.2, -0.15) is 13.2 Å². The molecule has 2 amide bonds. The lowest BCUT2D eigenvalue weighted by Gasteiger charge is -2.44. The Hall–Kier alpha value is -2.79. The Morgan fingerprint density at radius 3 is 2.61 bits per heavy atom. The summed E-state index contributed by atoms with van der Waals surface area (Å²) in [5.41, 5.74) is -2.54. The zero-order valence-corrected chi connectivity index (χ0v) is 15.1. The number of aromatic hydroxyl groups is 1. The smallest absolute Gasteiger partial charge is 0.450 e. The van der Waals surface area contributed by atoms with Crippen molar-refractivity contribution in [1.29, 1.82) is 0 Å². The van der Waals surface area contributed by atoms with Crippen LogP contribution in [0, 0.1) is 5.92 Å². The predicted molar refractivity (Wildman–Crippen MR) is 91.8 cm³/mol. The number of ketones is 1. The Morgan fingerprint density at radius 2 is 2.04 bits per heavy atom. The van der Waals surface area contributed by atoms with E-state index in [1.54, 1.807) is 0 Å². The average Bonchev–Trinajstić information content (AvgIpc) is 3.15. The number of carbonyl (C=O) groups excluding carboxylic acids is 2. The second kappa shape index (κ2) is 6.99. The van der Waals surface area contributed by atoms with E-state index in [0.29, 0.717) is 0 Å². The number of phenolic OH excluding ortho intramolecular Hbond substituents is 1. The van der Waals surface area contributed by atoms with Gasteiger partial charge in [0.2, 0.25) is 5.78 Å². The first kappa shape index (κ1) is 20.0. The van der Waals surface area contributed by atoms with Gasteiger partial charge in [-0.05, 0) is 29.1 Å². The monoisotopic (exact) mass is 416 g/mol. The molecule has 0 saturated carbocycles. The van der Waals surface area contributed by atoms with E-state index in [1.165, 1.54) is 36.8 Å². The van der Waals surface area contributed by atoms with Gasteiger partial charge in [0.05, 0.1) is 18.0 Å². The molecule has 11 heteroatoms. The fourth-order valence-corrected chi connectivity index (χ4v) is 3.96. The van der Waals surface area contributed by atoms with Crippen molar-refractivity contribution in [3.05, 3.63) is 46.2 Å². The molecule has 0 radical (unpaired) electrons. The number of hydrogen-bond donors (Lipinski definition) is 4.